The minimum Gasteiger partial charge on any atom is -0.440 e. The third-order valence-corrected chi connectivity index (χ3v) is 5.31. The van der Waals surface area contributed by atoms with Crippen LogP contribution in [0.2, 0.25) is 0 Å². The van der Waals surface area contributed by atoms with Gasteiger partial charge in [-0.3, -0.25) is 4.79 Å². The average Bonchev–Trinajstić information content (AvgIpc) is 3.04. The van der Waals surface area contributed by atoms with Crippen LogP contribution in [0.4, 0.5) is 5.69 Å². The third kappa shape index (κ3) is 3.11. The van der Waals surface area contributed by atoms with Crippen molar-refractivity contribution in [1.82, 2.24) is 0 Å². The molecule has 1 atom stereocenters. The molecule has 2 aromatic rings. The summed E-state index contributed by atoms with van der Waals surface area (Å²) >= 11 is 0. The molecule has 0 N–H and O–H groups in total. The fraction of sp³-hybridized carbons (Fsp3) is 0.389. The second-order valence-electron chi connectivity index (χ2n) is 6.18. The molecule has 5 nitrogen and oxygen atoms in total. The predicted octanol–water partition coefficient (Wildman–Crippen LogP) is 3.44. The van der Waals surface area contributed by atoms with Crippen molar-refractivity contribution in [3.05, 3.63) is 47.7 Å². The summed E-state index contributed by atoms with van der Waals surface area (Å²) in [4.78, 5) is 14.8. The molecule has 24 heavy (non-hydrogen) atoms. The van der Waals surface area contributed by atoms with Crippen molar-refractivity contribution in [3.8, 4) is 0 Å². The number of carbonyl (C=O) groups excluding carboxylic acids is 1. The first-order valence-electron chi connectivity index (χ1n) is 8.13. The highest BCUT2D eigenvalue weighted by Gasteiger charge is 2.32. The van der Waals surface area contributed by atoms with E-state index in [4.69, 9.17) is 4.42 Å². The van der Waals surface area contributed by atoms with Crippen molar-refractivity contribution in [2.45, 2.75) is 43.7 Å². The van der Waals surface area contributed by atoms with Crippen LogP contribution in [-0.2, 0) is 16.3 Å². The fourth-order valence-electron chi connectivity index (χ4n) is 3.24. The molecule has 1 aliphatic heterocycles. The number of aryl methyl sites for hydroxylation is 1. The molecule has 1 aromatic heterocycles. The van der Waals surface area contributed by atoms with Crippen molar-refractivity contribution in [2.24, 2.45) is 0 Å². The van der Waals surface area contributed by atoms with E-state index in [0.29, 0.717) is 0 Å². The third-order valence-electron chi connectivity index (χ3n) is 4.36. The lowest BCUT2D eigenvalue weighted by molar-refractivity contribution is 0.0939. The van der Waals surface area contributed by atoms with Crippen LogP contribution < -0.4 is 4.90 Å². The molecular formula is C18H21NO4S. The van der Waals surface area contributed by atoms with Gasteiger partial charge in [-0.1, -0.05) is 31.5 Å². The molecule has 2 heterocycles. The smallest absolute Gasteiger partial charge is 0.294 e. The highest BCUT2D eigenvalue weighted by atomic mass is 32.2. The molecule has 1 amide bonds. The lowest BCUT2D eigenvalue weighted by Crippen LogP contribution is -2.43. The maximum absolute atomic E-state index is 13.0. The number of fused-ring (bicyclic) bond motifs is 1. The number of benzene rings is 1. The number of carbonyl (C=O) groups is 1. The van der Waals surface area contributed by atoms with Crippen LogP contribution in [0.25, 0.3) is 0 Å². The van der Waals surface area contributed by atoms with Gasteiger partial charge < -0.3 is 9.32 Å². The van der Waals surface area contributed by atoms with Crippen LogP contribution in [0.1, 0.15) is 42.3 Å². The van der Waals surface area contributed by atoms with Crippen molar-refractivity contribution in [3.63, 3.8) is 0 Å². The molecular weight excluding hydrogens is 326 g/mol. The zero-order chi connectivity index (χ0) is 17.3. The number of para-hydroxylation sites is 1. The van der Waals surface area contributed by atoms with Gasteiger partial charge >= 0.3 is 0 Å². The van der Waals surface area contributed by atoms with Crippen LogP contribution >= 0.6 is 0 Å². The van der Waals surface area contributed by atoms with E-state index in [0.717, 1.165) is 43.2 Å². The standard InChI is InChI=1S/C18H21NO4S/c1-3-6-14-10-9-13-7-4-5-8-15(13)19(14)18(20)16-11-12-17(23-16)24(2,21)22/h4-5,7-8,11-12,14H,3,6,9-10H2,1-2H3/t14-/m1/s1. The van der Waals surface area contributed by atoms with Gasteiger partial charge in [0.2, 0.25) is 14.9 Å². The lowest BCUT2D eigenvalue weighted by atomic mass is 9.93. The van der Waals surface area contributed by atoms with Gasteiger partial charge in [-0.2, -0.15) is 0 Å². The number of rotatable bonds is 4. The first kappa shape index (κ1) is 16.8. The Labute approximate surface area is 142 Å². The van der Waals surface area contributed by atoms with E-state index >= 15 is 0 Å². The Morgan fingerprint density at radius 2 is 2.00 bits per heavy atom. The normalized spacial score (nSPS) is 17.6. The maximum atomic E-state index is 13.0. The van der Waals surface area contributed by atoms with Crippen LogP contribution in [-0.4, -0.2) is 26.6 Å². The molecule has 0 fully saturated rings. The number of sulfone groups is 1. The molecule has 0 aliphatic carbocycles. The van der Waals surface area contributed by atoms with Gasteiger partial charge in [0.05, 0.1) is 0 Å². The van der Waals surface area contributed by atoms with E-state index in [1.54, 1.807) is 4.90 Å². The van der Waals surface area contributed by atoms with Crippen LogP contribution in [0, 0.1) is 0 Å². The molecule has 0 unspecified atom stereocenters. The minimum atomic E-state index is -3.47. The summed E-state index contributed by atoms with van der Waals surface area (Å²) in [5, 5.41) is -0.178. The van der Waals surface area contributed by atoms with Gasteiger partial charge in [0.15, 0.2) is 5.76 Å². The van der Waals surface area contributed by atoms with Gasteiger partial charge in [0, 0.05) is 18.0 Å². The quantitative estimate of drug-likeness (QED) is 0.849. The Morgan fingerprint density at radius 1 is 1.25 bits per heavy atom. The maximum Gasteiger partial charge on any atom is 0.294 e. The minimum absolute atomic E-state index is 0.0632. The highest BCUT2D eigenvalue weighted by molar-refractivity contribution is 7.90. The summed E-state index contributed by atoms with van der Waals surface area (Å²) in [5.74, 6) is -0.219. The number of nitrogens with zero attached hydrogens (tertiary/aromatic N) is 1. The Balaban J connectivity index is 2.00. The van der Waals surface area contributed by atoms with Crippen molar-refractivity contribution < 1.29 is 17.6 Å². The number of hydrogen-bond acceptors (Lipinski definition) is 4. The molecule has 0 radical (unpaired) electrons. The van der Waals surface area contributed by atoms with Crippen molar-refractivity contribution in [1.29, 1.82) is 0 Å². The molecule has 1 aliphatic rings. The van der Waals surface area contributed by atoms with Crippen LogP contribution in [0.3, 0.4) is 0 Å². The lowest BCUT2D eigenvalue weighted by Gasteiger charge is -2.36. The van der Waals surface area contributed by atoms with Gasteiger partial charge in [-0.05, 0) is 43.0 Å². The molecule has 3 rings (SSSR count). The van der Waals surface area contributed by atoms with E-state index in [2.05, 4.69) is 6.92 Å². The first-order chi connectivity index (χ1) is 11.4. The molecule has 1 aromatic carbocycles. The average molecular weight is 347 g/mol. The number of hydrogen-bond donors (Lipinski definition) is 0. The monoisotopic (exact) mass is 347 g/mol. The molecule has 0 bridgehead atoms. The van der Waals surface area contributed by atoms with Crippen molar-refractivity contribution >= 4 is 21.4 Å². The molecule has 128 valence electrons. The van der Waals surface area contributed by atoms with E-state index in [-0.39, 0.29) is 22.8 Å². The molecule has 0 spiro atoms. The largest absolute Gasteiger partial charge is 0.440 e. The number of anilines is 1. The summed E-state index contributed by atoms with van der Waals surface area (Å²) in [7, 11) is -3.47. The Bertz CT molecular complexity index is 853. The van der Waals surface area contributed by atoms with E-state index in [1.807, 2.05) is 24.3 Å². The topological polar surface area (TPSA) is 67.6 Å². The number of amides is 1. The van der Waals surface area contributed by atoms with Crippen LogP contribution in [0.5, 0.6) is 0 Å². The molecule has 0 saturated carbocycles. The van der Waals surface area contributed by atoms with Crippen molar-refractivity contribution in [2.75, 3.05) is 11.2 Å². The van der Waals surface area contributed by atoms with Gasteiger partial charge in [0.1, 0.15) is 0 Å². The summed E-state index contributed by atoms with van der Waals surface area (Å²) in [6, 6.07) is 10.7. The fourth-order valence-corrected chi connectivity index (χ4v) is 3.80. The summed E-state index contributed by atoms with van der Waals surface area (Å²) < 4.78 is 28.5. The van der Waals surface area contributed by atoms with E-state index in [9.17, 15) is 13.2 Å². The number of furan rings is 1. The summed E-state index contributed by atoms with van der Waals surface area (Å²) in [5.41, 5.74) is 2.03. The zero-order valence-electron chi connectivity index (χ0n) is 13.9. The second kappa shape index (κ2) is 6.43. The second-order valence-corrected chi connectivity index (χ2v) is 8.12. The Hall–Kier alpha value is -2.08. The highest BCUT2D eigenvalue weighted by Crippen LogP contribution is 2.34. The molecule has 0 saturated heterocycles. The molecule has 6 heteroatoms. The summed E-state index contributed by atoms with van der Waals surface area (Å²) in [6.45, 7) is 2.10. The summed E-state index contributed by atoms with van der Waals surface area (Å²) in [6.07, 6.45) is 4.78. The van der Waals surface area contributed by atoms with Gasteiger partial charge in [-0.15, -0.1) is 0 Å². The van der Waals surface area contributed by atoms with E-state index in [1.165, 1.54) is 12.1 Å². The van der Waals surface area contributed by atoms with E-state index < -0.39 is 9.84 Å². The zero-order valence-corrected chi connectivity index (χ0v) is 14.7. The Morgan fingerprint density at radius 3 is 2.67 bits per heavy atom. The predicted molar refractivity (Wildman–Crippen MR) is 92.1 cm³/mol. The first-order valence-corrected chi connectivity index (χ1v) is 10.0. The van der Waals surface area contributed by atoms with Crippen LogP contribution in [0.15, 0.2) is 45.9 Å². The van der Waals surface area contributed by atoms with Gasteiger partial charge in [-0.25, -0.2) is 8.42 Å². The SMILES string of the molecule is CCC[C@@H]1CCc2ccccc2N1C(=O)c1ccc(S(C)(=O)=O)o1. The Kier molecular flexibility index (Phi) is 4.49. The van der Waals surface area contributed by atoms with Gasteiger partial charge in [0.25, 0.3) is 5.91 Å².